The lowest BCUT2D eigenvalue weighted by Crippen LogP contribution is -2.30. The minimum atomic E-state index is -0.204. The van der Waals surface area contributed by atoms with Gasteiger partial charge in [0.05, 0.1) is 19.4 Å². The molecule has 1 aliphatic rings. The molecule has 2 aromatic rings. The van der Waals surface area contributed by atoms with Gasteiger partial charge >= 0.3 is 0 Å². The SMILES string of the molecule is CCOc1cccc(/C=C2\NC(=S)N(c3cccc(C)c3)C2=O)c1OC. The molecule has 0 atom stereocenters. The summed E-state index contributed by atoms with van der Waals surface area (Å²) in [7, 11) is 1.58. The molecule has 5 nitrogen and oxygen atoms in total. The van der Waals surface area contributed by atoms with Crippen LogP contribution in [-0.2, 0) is 4.79 Å². The van der Waals surface area contributed by atoms with Crippen LogP contribution in [0.1, 0.15) is 18.1 Å². The fraction of sp³-hybridized carbons (Fsp3) is 0.200. The van der Waals surface area contributed by atoms with Gasteiger partial charge in [-0.1, -0.05) is 24.3 Å². The van der Waals surface area contributed by atoms with Crippen LogP contribution in [0, 0.1) is 6.92 Å². The number of thiocarbonyl (C=S) groups is 1. The number of hydrogen-bond donors (Lipinski definition) is 1. The zero-order valence-electron chi connectivity index (χ0n) is 14.9. The molecule has 26 heavy (non-hydrogen) atoms. The number of aryl methyl sites for hydroxylation is 1. The van der Waals surface area contributed by atoms with Crippen molar-refractivity contribution in [2.24, 2.45) is 0 Å². The monoisotopic (exact) mass is 368 g/mol. The molecule has 6 heteroatoms. The van der Waals surface area contributed by atoms with Gasteiger partial charge in [-0.15, -0.1) is 0 Å². The fourth-order valence-electron chi connectivity index (χ4n) is 2.83. The van der Waals surface area contributed by atoms with Gasteiger partial charge in [0.1, 0.15) is 5.70 Å². The summed E-state index contributed by atoms with van der Waals surface area (Å²) < 4.78 is 11.1. The molecule has 0 bridgehead atoms. The molecular formula is C20H20N2O3S. The van der Waals surface area contributed by atoms with Gasteiger partial charge in [-0.2, -0.15) is 0 Å². The highest BCUT2D eigenvalue weighted by Gasteiger charge is 2.32. The zero-order chi connectivity index (χ0) is 18.7. The van der Waals surface area contributed by atoms with Crippen molar-refractivity contribution in [1.82, 2.24) is 5.32 Å². The van der Waals surface area contributed by atoms with Crippen LogP contribution in [0.3, 0.4) is 0 Å². The smallest absolute Gasteiger partial charge is 0.281 e. The summed E-state index contributed by atoms with van der Waals surface area (Å²) in [5, 5.41) is 3.35. The minimum Gasteiger partial charge on any atom is -0.492 e. The average Bonchev–Trinajstić information content (AvgIpc) is 2.89. The molecule has 2 aromatic carbocycles. The van der Waals surface area contributed by atoms with Crippen LogP contribution >= 0.6 is 12.2 Å². The Morgan fingerprint density at radius 2 is 2.00 bits per heavy atom. The van der Waals surface area contributed by atoms with Gasteiger partial charge in [-0.25, -0.2) is 0 Å². The molecule has 1 N–H and O–H groups in total. The van der Waals surface area contributed by atoms with Crippen molar-refractivity contribution in [2.75, 3.05) is 18.6 Å². The third kappa shape index (κ3) is 3.41. The lowest BCUT2D eigenvalue weighted by atomic mass is 10.1. The molecule has 0 radical (unpaired) electrons. The Labute approximate surface area is 158 Å². The van der Waals surface area contributed by atoms with E-state index in [4.69, 9.17) is 21.7 Å². The maximum atomic E-state index is 12.9. The Kier molecular flexibility index (Phi) is 5.23. The Morgan fingerprint density at radius 3 is 2.69 bits per heavy atom. The standard InChI is InChI=1S/C20H20N2O3S/c1-4-25-17-10-6-8-14(18(17)24-3)12-16-19(23)22(20(26)21-16)15-9-5-7-13(2)11-15/h5-12H,4H2,1-3H3,(H,21,26)/b16-12-. The highest BCUT2D eigenvalue weighted by molar-refractivity contribution is 7.80. The number of carbonyl (C=O) groups is 1. The maximum Gasteiger partial charge on any atom is 0.281 e. The average molecular weight is 368 g/mol. The quantitative estimate of drug-likeness (QED) is 0.645. The zero-order valence-corrected chi connectivity index (χ0v) is 15.7. The van der Waals surface area contributed by atoms with E-state index >= 15 is 0 Å². The van der Waals surface area contributed by atoms with E-state index in [9.17, 15) is 4.79 Å². The molecule has 134 valence electrons. The number of carbonyl (C=O) groups excluding carboxylic acids is 1. The summed E-state index contributed by atoms with van der Waals surface area (Å²) in [6.07, 6.45) is 1.73. The van der Waals surface area contributed by atoms with Gasteiger partial charge in [-0.05, 0) is 55.9 Å². The molecule has 0 aliphatic carbocycles. The van der Waals surface area contributed by atoms with Gasteiger partial charge in [0.2, 0.25) is 0 Å². The minimum absolute atomic E-state index is 0.204. The molecule has 0 unspecified atom stereocenters. The van der Waals surface area contributed by atoms with E-state index in [1.165, 1.54) is 4.90 Å². The number of ether oxygens (including phenoxy) is 2. The number of nitrogens with one attached hydrogen (secondary N) is 1. The summed E-state index contributed by atoms with van der Waals surface area (Å²) in [6, 6.07) is 13.2. The van der Waals surface area contributed by atoms with E-state index < -0.39 is 0 Å². The largest absolute Gasteiger partial charge is 0.492 e. The highest BCUT2D eigenvalue weighted by Crippen LogP contribution is 2.33. The van der Waals surface area contributed by atoms with Crippen molar-refractivity contribution in [3.05, 3.63) is 59.3 Å². The summed E-state index contributed by atoms with van der Waals surface area (Å²) in [5.41, 5.74) is 2.93. The van der Waals surface area contributed by atoms with E-state index in [1.54, 1.807) is 13.2 Å². The summed E-state index contributed by atoms with van der Waals surface area (Å²) in [6.45, 7) is 4.41. The van der Waals surface area contributed by atoms with Crippen LogP contribution in [0.4, 0.5) is 5.69 Å². The van der Waals surface area contributed by atoms with E-state index in [2.05, 4.69) is 5.32 Å². The van der Waals surface area contributed by atoms with E-state index in [0.717, 1.165) is 16.8 Å². The maximum absolute atomic E-state index is 12.9. The second kappa shape index (κ2) is 7.58. The van der Waals surface area contributed by atoms with Crippen LogP contribution in [0.15, 0.2) is 48.2 Å². The number of nitrogens with zero attached hydrogens (tertiary/aromatic N) is 1. The number of para-hydroxylation sites is 1. The lowest BCUT2D eigenvalue weighted by Gasteiger charge is -2.14. The fourth-order valence-corrected chi connectivity index (χ4v) is 3.12. The third-order valence-corrected chi connectivity index (χ3v) is 4.24. The van der Waals surface area contributed by atoms with E-state index in [-0.39, 0.29) is 5.91 Å². The van der Waals surface area contributed by atoms with Crippen molar-refractivity contribution in [3.8, 4) is 11.5 Å². The van der Waals surface area contributed by atoms with Crippen LogP contribution < -0.4 is 19.7 Å². The Hall–Kier alpha value is -2.86. The molecule has 1 fully saturated rings. The Morgan fingerprint density at radius 1 is 1.23 bits per heavy atom. The first-order valence-corrected chi connectivity index (χ1v) is 8.69. The van der Waals surface area contributed by atoms with E-state index in [0.29, 0.717) is 28.9 Å². The molecule has 0 aromatic heterocycles. The van der Waals surface area contributed by atoms with Crippen LogP contribution in [0.5, 0.6) is 11.5 Å². The van der Waals surface area contributed by atoms with Gasteiger partial charge in [-0.3, -0.25) is 9.69 Å². The van der Waals surface area contributed by atoms with Gasteiger partial charge in [0, 0.05) is 5.56 Å². The second-order valence-corrected chi connectivity index (χ2v) is 6.17. The predicted molar refractivity (Wildman–Crippen MR) is 107 cm³/mol. The predicted octanol–water partition coefficient (Wildman–Crippen LogP) is 3.66. The third-order valence-electron chi connectivity index (χ3n) is 3.95. The van der Waals surface area contributed by atoms with Crippen LogP contribution in [-0.4, -0.2) is 24.7 Å². The molecular weight excluding hydrogens is 348 g/mol. The van der Waals surface area contributed by atoms with Crippen molar-refractivity contribution in [3.63, 3.8) is 0 Å². The first kappa shape index (κ1) is 17.9. The summed E-state index contributed by atoms with van der Waals surface area (Å²) >= 11 is 5.36. The highest BCUT2D eigenvalue weighted by atomic mass is 32.1. The molecule has 0 spiro atoms. The van der Waals surface area contributed by atoms with Crippen molar-refractivity contribution in [1.29, 1.82) is 0 Å². The lowest BCUT2D eigenvalue weighted by molar-refractivity contribution is -0.113. The molecule has 1 aliphatic heterocycles. The first-order chi connectivity index (χ1) is 12.5. The molecule has 0 saturated carbocycles. The molecule has 1 amide bonds. The van der Waals surface area contributed by atoms with Crippen LogP contribution in [0.2, 0.25) is 0 Å². The van der Waals surface area contributed by atoms with Gasteiger partial charge < -0.3 is 14.8 Å². The van der Waals surface area contributed by atoms with E-state index in [1.807, 2.05) is 56.3 Å². The van der Waals surface area contributed by atoms with Gasteiger partial charge in [0.15, 0.2) is 16.6 Å². The normalized spacial score (nSPS) is 15.3. The van der Waals surface area contributed by atoms with Crippen molar-refractivity contribution >= 4 is 35.0 Å². The summed E-state index contributed by atoms with van der Waals surface area (Å²) in [4.78, 5) is 14.4. The first-order valence-electron chi connectivity index (χ1n) is 8.28. The molecule has 3 rings (SSSR count). The van der Waals surface area contributed by atoms with Crippen LogP contribution in [0.25, 0.3) is 6.08 Å². The summed E-state index contributed by atoms with van der Waals surface area (Å²) in [5.74, 6) is 1.01. The van der Waals surface area contributed by atoms with Crippen molar-refractivity contribution in [2.45, 2.75) is 13.8 Å². The Bertz CT molecular complexity index is 892. The number of hydrogen-bond acceptors (Lipinski definition) is 4. The number of rotatable bonds is 5. The topological polar surface area (TPSA) is 50.8 Å². The Balaban J connectivity index is 1.97. The molecule has 1 heterocycles. The number of benzene rings is 2. The second-order valence-electron chi connectivity index (χ2n) is 5.78. The number of anilines is 1. The van der Waals surface area contributed by atoms with Gasteiger partial charge in [0.25, 0.3) is 5.91 Å². The molecule has 1 saturated heterocycles. The van der Waals surface area contributed by atoms with Crippen molar-refractivity contribution < 1.29 is 14.3 Å². The number of amides is 1. The number of methoxy groups -OCH3 is 1.